The predicted octanol–water partition coefficient (Wildman–Crippen LogP) is 1.59. The van der Waals surface area contributed by atoms with Crippen molar-refractivity contribution in [3.05, 3.63) is 34.9 Å². The van der Waals surface area contributed by atoms with E-state index in [1.54, 1.807) is 12.4 Å². The molecular weight excluding hydrogens is 244 g/mol. The Morgan fingerprint density at radius 3 is 2.35 bits per heavy atom. The minimum atomic E-state index is -1.22. The number of hydrogen-bond acceptors (Lipinski definition) is 5. The molecule has 0 aliphatic rings. The Morgan fingerprint density at radius 1 is 1.18 bits per heavy atom. The highest BCUT2D eigenvalue weighted by molar-refractivity contribution is 6.33. The fraction of sp³-hybridized carbons (Fsp3) is 0.100. The molecule has 0 bridgehead atoms. The monoisotopic (exact) mass is 250 g/mol. The van der Waals surface area contributed by atoms with Gasteiger partial charge in [-0.1, -0.05) is 11.6 Å². The molecule has 6 nitrogen and oxygen atoms in total. The van der Waals surface area contributed by atoms with Gasteiger partial charge in [-0.3, -0.25) is 0 Å². The SMILES string of the molecule is Cc1cnc(-c2ncc(Cl)c(C(=O)O)n2)nc1. The average molecular weight is 251 g/mol. The second-order valence-electron chi connectivity index (χ2n) is 3.28. The van der Waals surface area contributed by atoms with Crippen LogP contribution in [0.4, 0.5) is 0 Å². The van der Waals surface area contributed by atoms with Gasteiger partial charge in [0.25, 0.3) is 0 Å². The zero-order valence-electron chi connectivity index (χ0n) is 8.75. The maximum Gasteiger partial charge on any atom is 0.356 e. The van der Waals surface area contributed by atoms with Crippen LogP contribution in [0.15, 0.2) is 18.6 Å². The maximum atomic E-state index is 10.8. The molecule has 86 valence electrons. The van der Waals surface area contributed by atoms with E-state index in [-0.39, 0.29) is 22.4 Å². The maximum absolute atomic E-state index is 10.8. The number of aryl methyl sites for hydroxylation is 1. The van der Waals surface area contributed by atoms with E-state index >= 15 is 0 Å². The molecule has 17 heavy (non-hydrogen) atoms. The third-order valence-electron chi connectivity index (χ3n) is 1.93. The Balaban J connectivity index is 2.50. The van der Waals surface area contributed by atoms with E-state index < -0.39 is 5.97 Å². The van der Waals surface area contributed by atoms with Gasteiger partial charge in [0.05, 0.1) is 11.2 Å². The summed E-state index contributed by atoms with van der Waals surface area (Å²) in [4.78, 5) is 26.6. The lowest BCUT2D eigenvalue weighted by Crippen LogP contribution is -2.05. The van der Waals surface area contributed by atoms with Gasteiger partial charge in [0.15, 0.2) is 17.3 Å². The molecule has 0 spiro atoms. The number of rotatable bonds is 2. The second-order valence-corrected chi connectivity index (χ2v) is 3.69. The first-order valence-electron chi connectivity index (χ1n) is 4.63. The fourth-order valence-corrected chi connectivity index (χ4v) is 1.30. The van der Waals surface area contributed by atoms with Crippen LogP contribution in [0.3, 0.4) is 0 Å². The summed E-state index contributed by atoms with van der Waals surface area (Å²) in [6.45, 7) is 1.84. The summed E-state index contributed by atoms with van der Waals surface area (Å²) in [6, 6.07) is 0. The van der Waals surface area contributed by atoms with Crippen LogP contribution < -0.4 is 0 Å². The van der Waals surface area contributed by atoms with E-state index in [9.17, 15) is 4.79 Å². The van der Waals surface area contributed by atoms with E-state index in [2.05, 4.69) is 19.9 Å². The number of carboxylic acids is 1. The highest BCUT2D eigenvalue weighted by atomic mass is 35.5. The molecule has 2 aromatic heterocycles. The van der Waals surface area contributed by atoms with Crippen molar-refractivity contribution in [2.24, 2.45) is 0 Å². The third kappa shape index (κ3) is 2.36. The molecule has 0 fully saturated rings. The van der Waals surface area contributed by atoms with Gasteiger partial charge in [-0.15, -0.1) is 0 Å². The van der Waals surface area contributed by atoms with Gasteiger partial charge in [-0.2, -0.15) is 0 Å². The molecule has 0 atom stereocenters. The van der Waals surface area contributed by atoms with Crippen LogP contribution in [0.2, 0.25) is 5.02 Å². The van der Waals surface area contributed by atoms with Gasteiger partial charge >= 0.3 is 5.97 Å². The van der Waals surface area contributed by atoms with Crippen LogP contribution in [0.25, 0.3) is 11.6 Å². The molecule has 2 aromatic rings. The fourth-order valence-electron chi connectivity index (χ4n) is 1.13. The Kier molecular flexibility index (Phi) is 2.97. The van der Waals surface area contributed by atoms with Crippen molar-refractivity contribution in [3.63, 3.8) is 0 Å². The molecule has 0 aliphatic carbocycles. The van der Waals surface area contributed by atoms with Crippen LogP contribution in [-0.4, -0.2) is 31.0 Å². The number of halogens is 1. The Bertz CT molecular complexity index is 571. The lowest BCUT2D eigenvalue weighted by atomic mass is 10.3. The first-order valence-corrected chi connectivity index (χ1v) is 5.00. The first kappa shape index (κ1) is 11.4. The summed E-state index contributed by atoms with van der Waals surface area (Å²) >= 11 is 5.66. The molecule has 7 heteroatoms. The first-order chi connectivity index (χ1) is 8.08. The molecule has 2 heterocycles. The van der Waals surface area contributed by atoms with Crippen molar-refractivity contribution >= 4 is 17.6 Å². The molecule has 0 amide bonds. The predicted molar refractivity (Wildman–Crippen MR) is 59.8 cm³/mol. The van der Waals surface area contributed by atoms with Crippen LogP contribution in [0, 0.1) is 6.92 Å². The summed E-state index contributed by atoms with van der Waals surface area (Å²) in [6.07, 6.45) is 4.41. The Hall–Kier alpha value is -2.08. The zero-order chi connectivity index (χ0) is 12.4. The highest BCUT2D eigenvalue weighted by Crippen LogP contribution is 2.16. The van der Waals surface area contributed by atoms with Crippen LogP contribution in [-0.2, 0) is 0 Å². The molecule has 0 unspecified atom stereocenters. The Labute approximate surface area is 101 Å². The van der Waals surface area contributed by atoms with E-state index in [1.165, 1.54) is 6.20 Å². The number of aromatic carboxylic acids is 1. The number of aromatic nitrogens is 4. The summed E-state index contributed by atoms with van der Waals surface area (Å²) < 4.78 is 0. The van der Waals surface area contributed by atoms with E-state index in [0.29, 0.717) is 0 Å². The summed E-state index contributed by atoms with van der Waals surface area (Å²) in [5.41, 5.74) is 0.627. The van der Waals surface area contributed by atoms with E-state index in [1.807, 2.05) is 6.92 Å². The van der Waals surface area contributed by atoms with Gasteiger partial charge in [-0.25, -0.2) is 24.7 Å². The van der Waals surface area contributed by atoms with Crippen LogP contribution in [0.1, 0.15) is 16.1 Å². The van der Waals surface area contributed by atoms with Crippen molar-refractivity contribution in [3.8, 4) is 11.6 Å². The Morgan fingerprint density at radius 2 is 1.76 bits per heavy atom. The molecule has 1 N–H and O–H groups in total. The van der Waals surface area contributed by atoms with Gasteiger partial charge in [0, 0.05) is 12.4 Å². The van der Waals surface area contributed by atoms with Crippen molar-refractivity contribution in [2.45, 2.75) is 6.92 Å². The largest absolute Gasteiger partial charge is 0.476 e. The van der Waals surface area contributed by atoms with Gasteiger partial charge in [0.1, 0.15) is 0 Å². The zero-order valence-corrected chi connectivity index (χ0v) is 9.51. The van der Waals surface area contributed by atoms with Gasteiger partial charge < -0.3 is 5.11 Å². The topological polar surface area (TPSA) is 88.9 Å². The molecule has 0 saturated carbocycles. The van der Waals surface area contributed by atoms with Crippen molar-refractivity contribution in [1.82, 2.24) is 19.9 Å². The normalized spacial score (nSPS) is 10.2. The van der Waals surface area contributed by atoms with Gasteiger partial charge in [-0.05, 0) is 12.5 Å². The average Bonchev–Trinajstić information content (AvgIpc) is 2.30. The molecule has 0 aliphatic heterocycles. The summed E-state index contributed by atoms with van der Waals surface area (Å²) in [5.74, 6) is -0.827. The standard InChI is InChI=1S/C10H7ClN4O2/c1-5-2-12-8(13-3-5)9-14-4-6(11)7(15-9)10(16)17/h2-4H,1H3,(H,16,17). The highest BCUT2D eigenvalue weighted by Gasteiger charge is 2.14. The molecule has 0 saturated heterocycles. The molecular formula is C10H7ClN4O2. The smallest absolute Gasteiger partial charge is 0.356 e. The lowest BCUT2D eigenvalue weighted by Gasteiger charge is -2.01. The summed E-state index contributed by atoms with van der Waals surface area (Å²) in [7, 11) is 0. The van der Waals surface area contributed by atoms with E-state index in [0.717, 1.165) is 5.56 Å². The molecule has 0 radical (unpaired) electrons. The van der Waals surface area contributed by atoms with Crippen molar-refractivity contribution in [1.29, 1.82) is 0 Å². The number of nitrogens with zero attached hydrogens (tertiary/aromatic N) is 4. The number of hydrogen-bond donors (Lipinski definition) is 1. The summed E-state index contributed by atoms with van der Waals surface area (Å²) in [5, 5.41) is 8.85. The van der Waals surface area contributed by atoms with Gasteiger partial charge in [0.2, 0.25) is 0 Å². The molecule has 2 rings (SSSR count). The quantitative estimate of drug-likeness (QED) is 0.871. The lowest BCUT2D eigenvalue weighted by molar-refractivity contribution is 0.0690. The van der Waals surface area contributed by atoms with Crippen molar-refractivity contribution < 1.29 is 9.90 Å². The van der Waals surface area contributed by atoms with Crippen molar-refractivity contribution in [2.75, 3.05) is 0 Å². The number of carbonyl (C=O) groups is 1. The van der Waals surface area contributed by atoms with Crippen LogP contribution in [0.5, 0.6) is 0 Å². The second kappa shape index (κ2) is 4.42. The third-order valence-corrected chi connectivity index (χ3v) is 2.20. The number of carboxylic acid groups (broad SMARTS) is 1. The minimum Gasteiger partial charge on any atom is -0.476 e. The van der Waals surface area contributed by atoms with E-state index in [4.69, 9.17) is 16.7 Å². The minimum absolute atomic E-state index is 0.0200. The van der Waals surface area contributed by atoms with Crippen LogP contribution >= 0.6 is 11.6 Å². The molecule has 0 aromatic carbocycles.